The van der Waals surface area contributed by atoms with Crippen LogP contribution in [0.25, 0.3) is 0 Å². The molecule has 1 unspecified atom stereocenters. The summed E-state index contributed by atoms with van der Waals surface area (Å²) < 4.78 is 5.27. The van der Waals surface area contributed by atoms with Crippen LogP contribution in [0.15, 0.2) is 41.1 Å². The van der Waals surface area contributed by atoms with Gasteiger partial charge >= 0.3 is 0 Å². The molecule has 1 fully saturated rings. The van der Waals surface area contributed by atoms with Crippen molar-refractivity contribution in [1.82, 2.24) is 10.3 Å². The molecule has 1 aliphatic rings. The number of rotatable bonds is 6. The van der Waals surface area contributed by atoms with E-state index in [9.17, 15) is 5.11 Å². The van der Waals surface area contributed by atoms with Crippen LogP contribution in [-0.2, 0) is 12.1 Å². The van der Waals surface area contributed by atoms with Crippen molar-refractivity contribution in [2.24, 2.45) is 0 Å². The van der Waals surface area contributed by atoms with Crippen LogP contribution >= 0.6 is 0 Å². The van der Waals surface area contributed by atoms with Crippen LogP contribution < -0.4 is 10.2 Å². The van der Waals surface area contributed by atoms with Crippen LogP contribution in [0.3, 0.4) is 0 Å². The third-order valence-electron chi connectivity index (χ3n) is 4.09. The van der Waals surface area contributed by atoms with E-state index < -0.39 is 5.60 Å². The lowest BCUT2D eigenvalue weighted by Gasteiger charge is -2.21. The van der Waals surface area contributed by atoms with Gasteiger partial charge in [0.05, 0.1) is 6.26 Å². The molecule has 0 bridgehead atoms. The Balaban J connectivity index is 1.51. The topological polar surface area (TPSA) is 61.5 Å². The first-order chi connectivity index (χ1) is 10.6. The van der Waals surface area contributed by atoms with Crippen LogP contribution in [-0.4, -0.2) is 29.7 Å². The fourth-order valence-corrected chi connectivity index (χ4v) is 2.78. The van der Waals surface area contributed by atoms with Crippen molar-refractivity contribution in [2.45, 2.75) is 31.9 Å². The molecule has 0 spiro atoms. The number of pyridine rings is 1. The second-order valence-corrected chi connectivity index (χ2v) is 6.07. The summed E-state index contributed by atoms with van der Waals surface area (Å²) >= 11 is 0. The largest absolute Gasteiger partial charge is 0.466 e. The molecule has 118 valence electrons. The van der Waals surface area contributed by atoms with E-state index in [0.717, 1.165) is 24.5 Å². The number of anilines is 1. The molecule has 3 heterocycles. The number of hydrogen-bond acceptors (Lipinski definition) is 5. The zero-order valence-electron chi connectivity index (χ0n) is 13.0. The molecular formula is C17H23N3O2. The summed E-state index contributed by atoms with van der Waals surface area (Å²) in [7, 11) is 0. The summed E-state index contributed by atoms with van der Waals surface area (Å²) in [5.74, 6) is 1.63. The van der Waals surface area contributed by atoms with Crippen molar-refractivity contribution >= 4 is 5.82 Å². The highest BCUT2D eigenvalue weighted by molar-refractivity contribution is 5.40. The molecule has 22 heavy (non-hydrogen) atoms. The van der Waals surface area contributed by atoms with Crippen molar-refractivity contribution in [2.75, 3.05) is 24.5 Å². The van der Waals surface area contributed by atoms with Gasteiger partial charge in [0.25, 0.3) is 0 Å². The average Bonchev–Trinajstić information content (AvgIpc) is 3.22. The Hall–Kier alpha value is -1.85. The monoisotopic (exact) mass is 301 g/mol. The molecule has 0 saturated carbocycles. The molecular weight excluding hydrogens is 278 g/mol. The van der Waals surface area contributed by atoms with Gasteiger partial charge in [-0.2, -0.15) is 0 Å². The number of hydrogen-bond donors (Lipinski definition) is 2. The van der Waals surface area contributed by atoms with E-state index in [-0.39, 0.29) is 0 Å². The lowest BCUT2D eigenvalue weighted by Crippen LogP contribution is -2.34. The third-order valence-corrected chi connectivity index (χ3v) is 4.09. The van der Waals surface area contributed by atoms with Gasteiger partial charge in [0.2, 0.25) is 0 Å². The molecule has 2 aromatic rings. The van der Waals surface area contributed by atoms with E-state index in [1.165, 1.54) is 12.8 Å². The predicted molar refractivity (Wildman–Crippen MR) is 85.7 cm³/mol. The normalized spacial score (nSPS) is 17.6. The fraction of sp³-hybridized carbons (Fsp3) is 0.471. The molecule has 0 radical (unpaired) electrons. The van der Waals surface area contributed by atoms with Crippen LogP contribution in [0.4, 0.5) is 5.82 Å². The first-order valence-corrected chi connectivity index (χ1v) is 7.82. The maximum absolute atomic E-state index is 10.4. The van der Waals surface area contributed by atoms with Crippen LogP contribution in [0.1, 0.15) is 31.1 Å². The molecule has 5 heteroatoms. The number of nitrogens with zero attached hydrogens (tertiary/aromatic N) is 2. The molecule has 2 aromatic heterocycles. The van der Waals surface area contributed by atoms with Crippen molar-refractivity contribution in [3.05, 3.63) is 48.0 Å². The van der Waals surface area contributed by atoms with Crippen LogP contribution in [0.2, 0.25) is 0 Å². The zero-order valence-corrected chi connectivity index (χ0v) is 13.0. The van der Waals surface area contributed by atoms with Gasteiger partial charge in [0.1, 0.15) is 17.2 Å². The first-order valence-electron chi connectivity index (χ1n) is 7.82. The summed E-state index contributed by atoms with van der Waals surface area (Å²) in [6, 6.07) is 7.74. The first kappa shape index (κ1) is 15.1. The minimum atomic E-state index is -1.01. The zero-order chi connectivity index (χ0) is 15.4. The maximum Gasteiger partial charge on any atom is 0.136 e. The van der Waals surface area contributed by atoms with Crippen molar-refractivity contribution in [3.63, 3.8) is 0 Å². The van der Waals surface area contributed by atoms with Crippen molar-refractivity contribution in [1.29, 1.82) is 0 Å². The Bertz CT molecular complexity index is 572. The second-order valence-electron chi connectivity index (χ2n) is 6.07. The lowest BCUT2D eigenvalue weighted by molar-refractivity contribution is 0.0340. The Morgan fingerprint density at radius 2 is 2.14 bits per heavy atom. The quantitative estimate of drug-likeness (QED) is 0.857. The van der Waals surface area contributed by atoms with Crippen molar-refractivity contribution in [3.8, 4) is 0 Å². The van der Waals surface area contributed by atoms with E-state index >= 15 is 0 Å². The lowest BCUT2D eigenvalue weighted by atomic mass is 10.0. The van der Waals surface area contributed by atoms with E-state index in [0.29, 0.717) is 18.8 Å². The predicted octanol–water partition coefficient (Wildman–Crippen LogP) is 2.27. The average molecular weight is 301 g/mol. The molecule has 2 N–H and O–H groups in total. The number of aromatic nitrogens is 1. The van der Waals surface area contributed by atoms with E-state index in [2.05, 4.69) is 27.3 Å². The summed E-state index contributed by atoms with van der Waals surface area (Å²) in [5, 5.41) is 13.6. The maximum atomic E-state index is 10.4. The highest BCUT2D eigenvalue weighted by Crippen LogP contribution is 2.20. The Morgan fingerprint density at radius 1 is 1.32 bits per heavy atom. The minimum Gasteiger partial charge on any atom is -0.466 e. The van der Waals surface area contributed by atoms with Gasteiger partial charge in [0, 0.05) is 32.4 Å². The van der Waals surface area contributed by atoms with Gasteiger partial charge in [-0.3, -0.25) is 0 Å². The molecule has 3 rings (SSSR count). The van der Waals surface area contributed by atoms with Crippen LogP contribution in [0.5, 0.6) is 0 Å². The summed E-state index contributed by atoms with van der Waals surface area (Å²) in [5.41, 5.74) is 0.102. The third kappa shape index (κ3) is 3.48. The second kappa shape index (κ2) is 6.50. The van der Waals surface area contributed by atoms with E-state index in [4.69, 9.17) is 4.42 Å². The van der Waals surface area contributed by atoms with Gasteiger partial charge < -0.3 is 19.7 Å². The molecule has 1 aliphatic heterocycles. The molecule has 0 aromatic carbocycles. The van der Waals surface area contributed by atoms with Gasteiger partial charge in [-0.15, -0.1) is 0 Å². The minimum absolute atomic E-state index is 0.425. The highest BCUT2D eigenvalue weighted by atomic mass is 16.4. The van der Waals surface area contributed by atoms with E-state index in [1.54, 1.807) is 25.3 Å². The number of nitrogens with one attached hydrogen (secondary N) is 1. The smallest absolute Gasteiger partial charge is 0.136 e. The van der Waals surface area contributed by atoms with Crippen LogP contribution in [0, 0.1) is 0 Å². The molecule has 0 aliphatic carbocycles. The Morgan fingerprint density at radius 3 is 2.77 bits per heavy atom. The number of furan rings is 1. The van der Waals surface area contributed by atoms with Gasteiger partial charge in [-0.1, -0.05) is 6.07 Å². The standard InChI is InChI=1S/C17H23N3O2/c1-17(21,15-5-4-10-22-15)13-18-11-14-6-7-16(19-12-14)20-8-2-3-9-20/h4-7,10,12,18,21H,2-3,8-9,11,13H2,1H3. The molecule has 1 saturated heterocycles. The van der Waals surface area contributed by atoms with Gasteiger partial charge in [0.15, 0.2) is 0 Å². The fourth-order valence-electron chi connectivity index (χ4n) is 2.78. The Labute approximate surface area is 131 Å². The summed E-state index contributed by atoms with van der Waals surface area (Å²) in [6.07, 6.45) is 5.99. The van der Waals surface area contributed by atoms with Gasteiger partial charge in [-0.05, 0) is 43.5 Å². The van der Waals surface area contributed by atoms with Crippen molar-refractivity contribution < 1.29 is 9.52 Å². The summed E-state index contributed by atoms with van der Waals surface area (Å²) in [4.78, 5) is 6.85. The number of aliphatic hydroxyl groups is 1. The SMILES string of the molecule is CC(O)(CNCc1ccc(N2CCCC2)nc1)c1ccco1. The molecule has 0 amide bonds. The molecule has 1 atom stereocenters. The summed E-state index contributed by atoms with van der Waals surface area (Å²) in [6.45, 7) is 5.05. The highest BCUT2D eigenvalue weighted by Gasteiger charge is 2.25. The Kier molecular flexibility index (Phi) is 4.45. The van der Waals surface area contributed by atoms with Gasteiger partial charge in [-0.25, -0.2) is 4.98 Å². The van der Waals surface area contributed by atoms with E-state index in [1.807, 2.05) is 6.20 Å². The molecule has 5 nitrogen and oxygen atoms in total.